The summed E-state index contributed by atoms with van der Waals surface area (Å²) in [5.41, 5.74) is 15.4. The predicted molar refractivity (Wildman–Crippen MR) is 391 cm³/mol. The minimum Gasteiger partial charge on any atom is -0.458 e. The van der Waals surface area contributed by atoms with Gasteiger partial charge in [0, 0.05) is 61.0 Å². The number of aromatic nitrogens is 2. The van der Waals surface area contributed by atoms with Gasteiger partial charge in [0.05, 0.1) is 102 Å². The average Bonchev–Trinajstić information content (AvgIpc) is 1.62. The number of nitrogens with zero attached hydrogens (tertiary/aromatic N) is 2. The van der Waals surface area contributed by atoms with Crippen molar-refractivity contribution >= 4 is 79.5 Å². The maximum Gasteiger partial charge on any atom is 0.407 e. The number of epoxide rings is 2. The van der Waals surface area contributed by atoms with Crippen LogP contribution in [0.3, 0.4) is 0 Å². The maximum atomic E-state index is 13.3. The largest absolute Gasteiger partial charge is 0.458 e. The normalized spacial score (nSPS) is 30.4. The van der Waals surface area contributed by atoms with Crippen molar-refractivity contribution in [3.8, 4) is 11.1 Å². The molecule has 4 aliphatic heterocycles. The van der Waals surface area contributed by atoms with Crippen LogP contribution in [-0.4, -0.2) is 167 Å². The van der Waals surface area contributed by atoms with Gasteiger partial charge in [0.15, 0.2) is 0 Å². The Morgan fingerprint density at radius 3 is 1.52 bits per heavy atom. The molecule has 0 radical (unpaired) electrons. The molecule has 13 N–H and O–H groups in total. The Balaban J connectivity index is 0.000000222. The smallest absolute Gasteiger partial charge is 0.407 e. The Morgan fingerprint density at radius 1 is 0.667 bits per heavy atom. The number of hydrogen-bond acceptors (Lipinski definition) is 22. The lowest BCUT2D eigenvalue weighted by molar-refractivity contribution is -0.156. The number of carbonyl (C=O) groups is 5. The van der Waals surface area contributed by atoms with E-state index in [0.717, 1.165) is 82.6 Å². The number of thiazole rings is 2. The maximum absolute atomic E-state index is 13.3. The predicted octanol–water partition coefficient (Wildman–Crippen LogP) is 9.73. The fourth-order valence-corrected chi connectivity index (χ4v) is 16.3. The van der Waals surface area contributed by atoms with Gasteiger partial charge < -0.3 is 75.6 Å². The van der Waals surface area contributed by atoms with E-state index < -0.39 is 98.6 Å². The third-order valence-corrected chi connectivity index (χ3v) is 24.9. The molecule has 1 aliphatic carbocycles. The highest BCUT2D eigenvalue weighted by Gasteiger charge is 2.55. The third-order valence-electron chi connectivity index (χ3n) is 20.8. The average molecular weight is 1500 g/mol. The van der Waals surface area contributed by atoms with Crippen molar-refractivity contribution in [2.24, 2.45) is 46.0 Å². The minimum atomic E-state index is -4.12. The SMILES string of the molecule is C/C(=C\c1csc(CN)n1)C1C[C@@H]2O[C@]2(C)CCC[C@H](C)[C@H](O)[C@@H](C)C(=O)C(C)(C)[C@@H](O)CC(=O)O1.C/C(=C\c1csc(CNP(=O)(O)CCN)n1)C1C[C@@H]2O[C@]2(C)CCC[C@H](C)[C@H](O)[C@@H](C)C(=O)C(C)(C)[C@@H](O)CC(=O)O1.O=C(NCCP(=O)(O)O)OCC1c2ccccc2-c2ccccc21. The molecule has 4 fully saturated rings. The number of esters is 2. The molecule has 566 valence electrons. The monoisotopic (exact) mass is 1500 g/mol. The van der Waals surface area contributed by atoms with Gasteiger partial charge in [-0.15, -0.1) is 22.7 Å². The molecule has 6 heterocycles. The highest BCUT2D eigenvalue weighted by molar-refractivity contribution is 7.55. The number of ether oxygens (including phenoxy) is 5. The van der Waals surface area contributed by atoms with Crippen LogP contribution in [0.4, 0.5) is 4.79 Å². The van der Waals surface area contributed by atoms with Crippen molar-refractivity contribution in [3.63, 3.8) is 0 Å². The van der Waals surface area contributed by atoms with E-state index in [1.165, 1.54) is 22.7 Å². The lowest BCUT2D eigenvalue weighted by atomic mass is 9.73. The zero-order chi connectivity index (χ0) is 75.5. The van der Waals surface area contributed by atoms with E-state index in [4.69, 9.17) is 44.9 Å². The van der Waals surface area contributed by atoms with Crippen LogP contribution in [0.2, 0.25) is 0 Å². The van der Waals surface area contributed by atoms with E-state index in [-0.39, 0.29) is 98.0 Å². The molecule has 0 saturated carbocycles. The van der Waals surface area contributed by atoms with Crippen molar-refractivity contribution in [1.29, 1.82) is 0 Å². The second-order valence-electron chi connectivity index (χ2n) is 29.7. The van der Waals surface area contributed by atoms with Gasteiger partial charge in [-0.1, -0.05) is 117 Å². The van der Waals surface area contributed by atoms with Gasteiger partial charge in [0.1, 0.15) is 40.4 Å². The zero-order valence-electron chi connectivity index (χ0n) is 60.7. The van der Waals surface area contributed by atoms with Crippen LogP contribution in [0.25, 0.3) is 23.3 Å². The topological polar surface area (TPSA) is 416 Å². The number of Topliss-reactive ketones (excluding diaryl/α,β-unsaturated/α-hetero) is 2. The molecule has 2 aromatic heterocycles. The first-order valence-electron chi connectivity index (χ1n) is 35.1. The number of carbonyl (C=O) groups excluding carboxylic acids is 5. The third kappa shape index (κ3) is 22.9. The summed E-state index contributed by atoms with van der Waals surface area (Å²) in [7, 11) is -7.64. The number of aliphatic hydroxyl groups excluding tert-OH is 4. The zero-order valence-corrected chi connectivity index (χ0v) is 64.2. The molecule has 29 heteroatoms. The van der Waals surface area contributed by atoms with E-state index in [9.17, 15) is 58.4 Å². The summed E-state index contributed by atoms with van der Waals surface area (Å²) in [6.45, 7) is 22.1. The highest BCUT2D eigenvalue weighted by atomic mass is 32.1. The number of ketones is 2. The Bertz CT molecular complexity index is 3660. The summed E-state index contributed by atoms with van der Waals surface area (Å²) in [6, 6.07) is 16.0. The fraction of sp³-hybridized carbons (Fsp3) is 0.630. The number of nitrogens with two attached hydrogens (primary N) is 2. The van der Waals surface area contributed by atoms with Crippen LogP contribution >= 0.6 is 37.8 Å². The number of benzene rings is 2. The van der Waals surface area contributed by atoms with Gasteiger partial charge in [0.2, 0.25) is 0 Å². The summed E-state index contributed by atoms with van der Waals surface area (Å²) < 4.78 is 52.0. The van der Waals surface area contributed by atoms with Crippen LogP contribution in [0.5, 0.6) is 0 Å². The molecule has 9 rings (SSSR count). The van der Waals surface area contributed by atoms with Crippen molar-refractivity contribution < 1.29 is 91.9 Å². The standard InChI is InChI=1S/C29H48N3O8PS.C27H42N2O6S.C17H18NO5P/c1-17-8-7-9-29(6)23(40-29)13-21(39-25(34)14-22(33)28(4,5)27(36)19(3)26(17)35)18(2)12-20-16-42-24(32-20)15-31-41(37,38)11-10-30;1-15-8-7-9-27(6)21(35-27)11-19(16(2)10-18-14-36-22(13-28)29-18)34-23(31)12-20(30)26(4,5)25(33)17(3)24(15)32;19-17(18-9-10-24(20,21)22)23-11-16-14-7-3-1-5-12(14)13-6-2-4-8-15(13)16/h12,16-17,19,21-23,26,33,35H,7-11,13-15,30H2,1-6H3,(H2,31,37,38);10,14-15,17,19-21,24,30,32H,7-9,11-13,28H2,1-6H3;1-8,16H,9-11H2,(H,18,19)(H2,20,21,22)/b18-12+;16-10+;/t17-,19+,21?,22-,23-,26-,29+;15-,17+,19?,20-,21-,24-,27+;/m00./s1. The summed E-state index contributed by atoms with van der Waals surface area (Å²) in [5.74, 6) is -3.38. The second-order valence-corrected chi connectivity index (χ2v) is 35.5. The number of fused-ring (bicyclic) bond motifs is 5. The molecule has 25 nitrogen and oxygen atoms in total. The van der Waals surface area contributed by atoms with Crippen LogP contribution in [0.1, 0.15) is 186 Å². The molecule has 5 aliphatic rings. The first-order valence-corrected chi connectivity index (χ1v) is 40.5. The van der Waals surface area contributed by atoms with Crippen LogP contribution < -0.4 is 21.9 Å². The molecule has 15 atom stereocenters. The van der Waals surface area contributed by atoms with E-state index in [0.29, 0.717) is 30.1 Å². The van der Waals surface area contributed by atoms with E-state index in [2.05, 4.69) is 27.3 Å². The van der Waals surface area contributed by atoms with Gasteiger partial charge >= 0.3 is 25.6 Å². The Labute approximate surface area is 607 Å². The number of aliphatic hydroxyl groups is 4. The molecule has 0 bridgehead atoms. The number of rotatable bonds is 15. The van der Waals surface area contributed by atoms with Crippen LogP contribution in [0, 0.1) is 34.5 Å². The lowest BCUT2D eigenvalue weighted by Gasteiger charge is -2.34. The molecular weight excluding hydrogens is 1390 g/mol. The highest BCUT2D eigenvalue weighted by Crippen LogP contribution is 2.48. The Hall–Kier alpha value is -5.29. The molecule has 3 unspecified atom stereocenters. The molecular formula is C73H108N6O19P2S2. The van der Waals surface area contributed by atoms with E-state index in [1.807, 2.05) is 106 Å². The number of alkyl carbamates (subject to hydrolysis) is 1. The Morgan fingerprint density at radius 2 is 1.10 bits per heavy atom. The second kappa shape index (κ2) is 35.9. The number of amides is 1. The fourth-order valence-electron chi connectivity index (χ4n) is 13.6. The summed E-state index contributed by atoms with van der Waals surface area (Å²) in [6.07, 6.45) is 1.92. The van der Waals surface area contributed by atoms with Gasteiger partial charge in [0.25, 0.3) is 7.52 Å². The van der Waals surface area contributed by atoms with Crippen LogP contribution in [0.15, 0.2) is 70.4 Å². The van der Waals surface area contributed by atoms with Gasteiger partial charge in [-0.25, -0.2) is 19.8 Å². The molecule has 1 amide bonds. The first kappa shape index (κ1) is 84.0. The van der Waals surface area contributed by atoms with Crippen molar-refractivity contribution in [2.75, 3.05) is 32.0 Å². The number of cyclic esters (lactones) is 2. The quantitative estimate of drug-likeness (QED) is 0.0228. The molecule has 4 aromatic rings. The van der Waals surface area contributed by atoms with Gasteiger partial charge in [-0.2, -0.15) is 0 Å². The molecule has 102 heavy (non-hydrogen) atoms. The Kier molecular flexibility index (Phi) is 29.5. The summed E-state index contributed by atoms with van der Waals surface area (Å²) >= 11 is 2.81. The number of hydrogen-bond donors (Lipinski definition) is 11. The van der Waals surface area contributed by atoms with Crippen molar-refractivity contribution in [1.82, 2.24) is 20.4 Å². The summed E-state index contributed by atoms with van der Waals surface area (Å²) in [4.78, 5) is 101. The molecule has 2 aromatic carbocycles. The van der Waals surface area contributed by atoms with Crippen LogP contribution in [-0.2, 0) is 65.1 Å². The van der Waals surface area contributed by atoms with Gasteiger partial charge in [-0.3, -0.25) is 28.3 Å². The van der Waals surface area contributed by atoms with Crippen molar-refractivity contribution in [2.45, 2.75) is 226 Å². The van der Waals surface area contributed by atoms with E-state index >= 15 is 0 Å². The number of nitrogens with one attached hydrogen (secondary N) is 2. The van der Waals surface area contributed by atoms with Gasteiger partial charge in [-0.05, 0) is 111 Å². The van der Waals surface area contributed by atoms with Crippen molar-refractivity contribution in [3.05, 3.63) is 103 Å². The minimum absolute atomic E-state index is 0.0283. The van der Waals surface area contributed by atoms with E-state index in [1.54, 1.807) is 41.5 Å². The lowest BCUT2D eigenvalue weighted by Crippen LogP contribution is -2.45. The molecule has 0 spiro atoms. The first-order chi connectivity index (χ1) is 47.7. The summed E-state index contributed by atoms with van der Waals surface area (Å²) in [5, 5.41) is 53.7. The molecule has 4 saturated heterocycles.